The number of benzene rings is 3. The highest BCUT2D eigenvalue weighted by atomic mass is 16.5. The summed E-state index contributed by atoms with van der Waals surface area (Å²) >= 11 is 0. The molecule has 2 N–H and O–H groups in total. The fourth-order valence-corrected chi connectivity index (χ4v) is 3.97. The average Bonchev–Trinajstić information content (AvgIpc) is 2.91. The minimum absolute atomic E-state index is 0.141. The first-order valence-electron chi connectivity index (χ1n) is 11.8. The van der Waals surface area contributed by atoms with E-state index in [2.05, 4.69) is 10.6 Å². The summed E-state index contributed by atoms with van der Waals surface area (Å²) in [5, 5.41) is 5.81. The molecule has 8 nitrogen and oxygen atoms in total. The Hall–Kier alpha value is -4.04. The van der Waals surface area contributed by atoms with Crippen molar-refractivity contribution in [3.05, 3.63) is 88.5 Å². The van der Waals surface area contributed by atoms with Crippen LogP contribution in [0.15, 0.2) is 60.7 Å². The predicted molar refractivity (Wildman–Crippen MR) is 135 cm³/mol. The molecule has 36 heavy (non-hydrogen) atoms. The van der Waals surface area contributed by atoms with Crippen LogP contribution in [0.25, 0.3) is 0 Å². The first kappa shape index (κ1) is 25.1. The van der Waals surface area contributed by atoms with Crippen molar-refractivity contribution >= 4 is 11.8 Å². The maximum Gasteiger partial charge on any atom is 0.251 e. The molecule has 2 bridgehead atoms. The maximum absolute atomic E-state index is 13.0. The molecule has 0 unspecified atom stereocenters. The van der Waals surface area contributed by atoms with Crippen molar-refractivity contribution < 1.29 is 28.5 Å². The van der Waals surface area contributed by atoms with Gasteiger partial charge in [0.05, 0.1) is 27.4 Å². The van der Waals surface area contributed by atoms with Gasteiger partial charge in [0.2, 0.25) is 0 Å². The van der Waals surface area contributed by atoms with E-state index in [0.29, 0.717) is 67.7 Å². The number of carbonyl (C=O) groups excluding carboxylic acids is 2. The Balaban J connectivity index is 1.54. The van der Waals surface area contributed by atoms with E-state index in [-0.39, 0.29) is 11.8 Å². The topological polar surface area (TPSA) is 95.1 Å². The maximum atomic E-state index is 13.0. The number of carbonyl (C=O) groups is 2. The number of rotatable bonds is 5. The van der Waals surface area contributed by atoms with Crippen molar-refractivity contribution in [2.75, 3.05) is 40.6 Å². The number of hydrogen-bond acceptors (Lipinski definition) is 6. The zero-order valence-electron chi connectivity index (χ0n) is 20.5. The van der Waals surface area contributed by atoms with Crippen molar-refractivity contribution in [3.8, 4) is 17.2 Å². The van der Waals surface area contributed by atoms with Gasteiger partial charge in [-0.05, 0) is 59.2 Å². The molecule has 3 aromatic carbocycles. The normalized spacial score (nSPS) is 13.9. The van der Waals surface area contributed by atoms with Crippen LogP contribution in [-0.2, 0) is 17.7 Å². The van der Waals surface area contributed by atoms with E-state index in [9.17, 15) is 9.59 Å². The van der Waals surface area contributed by atoms with E-state index < -0.39 is 0 Å². The first-order chi connectivity index (χ1) is 17.6. The van der Waals surface area contributed by atoms with Crippen molar-refractivity contribution in [3.63, 3.8) is 0 Å². The molecule has 1 aliphatic rings. The van der Waals surface area contributed by atoms with Gasteiger partial charge in [0.25, 0.3) is 11.8 Å². The van der Waals surface area contributed by atoms with Crippen LogP contribution >= 0.6 is 0 Å². The molecule has 3 aromatic rings. The molecule has 1 heterocycles. The van der Waals surface area contributed by atoms with Crippen LogP contribution in [0, 0.1) is 0 Å². The van der Waals surface area contributed by atoms with Crippen LogP contribution < -0.4 is 24.8 Å². The zero-order valence-corrected chi connectivity index (χ0v) is 20.5. The Labute approximate surface area is 210 Å². The number of nitrogens with one attached hydrogen (secondary N) is 2. The van der Waals surface area contributed by atoms with E-state index in [1.54, 1.807) is 26.4 Å². The van der Waals surface area contributed by atoms with Crippen LogP contribution in [0.2, 0.25) is 0 Å². The molecule has 8 heteroatoms. The molecule has 0 aromatic heterocycles. The zero-order chi connectivity index (χ0) is 25.3. The molecule has 4 rings (SSSR count). The lowest BCUT2D eigenvalue weighted by atomic mass is 9.99. The van der Waals surface area contributed by atoms with Gasteiger partial charge in [-0.2, -0.15) is 0 Å². The summed E-state index contributed by atoms with van der Waals surface area (Å²) < 4.78 is 22.1. The van der Waals surface area contributed by atoms with E-state index in [0.717, 1.165) is 16.7 Å². The van der Waals surface area contributed by atoms with Crippen LogP contribution in [-0.4, -0.2) is 52.4 Å². The monoisotopic (exact) mass is 490 g/mol. The number of hydrogen-bond donors (Lipinski definition) is 2. The average molecular weight is 491 g/mol. The molecule has 0 aliphatic carbocycles. The lowest BCUT2D eigenvalue weighted by Gasteiger charge is -2.15. The second kappa shape index (κ2) is 12.1. The Morgan fingerprint density at radius 2 is 1.83 bits per heavy atom. The van der Waals surface area contributed by atoms with Crippen molar-refractivity contribution in [2.24, 2.45) is 0 Å². The highest BCUT2D eigenvalue weighted by Crippen LogP contribution is 2.28. The van der Waals surface area contributed by atoms with Gasteiger partial charge in [-0.1, -0.05) is 18.2 Å². The van der Waals surface area contributed by atoms with Crippen molar-refractivity contribution in [2.45, 2.75) is 13.0 Å². The van der Waals surface area contributed by atoms with Gasteiger partial charge in [0.15, 0.2) is 11.5 Å². The molecule has 1 aliphatic heterocycles. The van der Waals surface area contributed by atoms with E-state index in [1.807, 2.05) is 48.5 Å². The van der Waals surface area contributed by atoms with Crippen molar-refractivity contribution in [1.29, 1.82) is 0 Å². The SMILES string of the molecule is COc1ccc(CNC(=O)c2ccc3c(c2)Cc2cccc(c2)C(=O)NCCOCCO3)cc1OC. The molecular formula is C28H30N2O6. The summed E-state index contributed by atoms with van der Waals surface area (Å²) in [6.45, 7) is 1.93. The lowest BCUT2D eigenvalue weighted by Crippen LogP contribution is -2.28. The Morgan fingerprint density at radius 1 is 0.972 bits per heavy atom. The van der Waals surface area contributed by atoms with E-state index in [4.69, 9.17) is 18.9 Å². The summed E-state index contributed by atoms with van der Waals surface area (Å²) in [7, 11) is 3.16. The molecule has 0 saturated heterocycles. The third-order valence-corrected chi connectivity index (χ3v) is 5.82. The number of amides is 2. The summed E-state index contributed by atoms with van der Waals surface area (Å²) in [5.41, 5.74) is 3.78. The van der Waals surface area contributed by atoms with Crippen LogP contribution in [0.1, 0.15) is 37.4 Å². The van der Waals surface area contributed by atoms with E-state index >= 15 is 0 Å². The summed E-state index contributed by atoms with van der Waals surface area (Å²) in [6.07, 6.45) is 0.508. The van der Waals surface area contributed by atoms with Gasteiger partial charge in [-0.3, -0.25) is 9.59 Å². The third kappa shape index (κ3) is 6.34. The molecule has 2 amide bonds. The van der Waals surface area contributed by atoms with Gasteiger partial charge < -0.3 is 29.6 Å². The van der Waals surface area contributed by atoms with Gasteiger partial charge in [0.1, 0.15) is 12.4 Å². The first-order valence-corrected chi connectivity index (χ1v) is 11.8. The second-order valence-corrected chi connectivity index (χ2v) is 8.29. The molecule has 0 radical (unpaired) electrons. The van der Waals surface area contributed by atoms with Crippen LogP contribution in [0.4, 0.5) is 0 Å². The van der Waals surface area contributed by atoms with Gasteiger partial charge in [-0.25, -0.2) is 0 Å². The van der Waals surface area contributed by atoms with Crippen molar-refractivity contribution in [1.82, 2.24) is 10.6 Å². The summed E-state index contributed by atoms with van der Waals surface area (Å²) in [4.78, 5) is 25.4. The molecule has 0 atom stereocenters. The van der Waals surface area contributed by atoms with Crippen LogP contribution in [0.5, 0.6) is 17.2 Å². The molecule has 0 fully saturated rings. The Morgan fingerprint density at radius 3 is 2.67 bits per heavy atom. The highest BCUT2D eigenvalue weighted by Gasteiger charge is 2.14. The largest absolute Gasteiger partial charge is 0.493 e. The highest BCUT2D eigenvalue weighted by molar-refractivity contribution is 5.95. The minimum Gasteiger partial charge on any atom is -0.493 e. The fraction of sp³-hybridized carbons (Fsp3) is 0.286. The van der Waals surface area contributed by atoms with E-state index in [1.165, 1.54) is 0 Å². The summed E-state index contributed by atoms with van der Waals surface area (Å²) in [6, 6.07) is 18.4. The molecular weight excluding hydrogens is 460 g/mol. The predicted octanol–water partition coefficient (Wildman–Crippen LogP) is 3.36. The fourth-order valence-electron chi connectivity index (χ4n) is 3.97. The van der Waals surface area contributed by atoms with Gasteiger partial charge >= 0.3 is 0 Å². The number of ether oxygens (including phenoxy) is 4. The lowest BCUT2D eigenvalue weighted by molar-refractivity contribution is 0.0865. The minimum atomic E-state index is -0.205. The van der Waals surface area contributed by atoms with Gasteiger partial charge in [-0.15, -0.1) is 0 Å². The smallest absolute Gasteiger partial charge is 0.251 e. The Kier molecular flexibility index (Phi) is 8.41. The Bertz CT molecular complexity index is 1230. The molecule has 0 saturated carbocycles. The molecule has 188 valence electrons. The van der Waals surface area contributed by atoms with Crippen LogP contribution in [0.3, 0.4) is 0 Å². The third-order valence-electron chi connectivity index (χ3n) is 5.82. The second-order valence-electron chi connectivity index (χ2n) is 8.29. The summed E-state index contributed by atoms with van der Waals surface area (Å²) in [5.74, 6) is 1.57. The molecule has 0 spiro atoms. The number of methoxy groups -OCH3 is 2. The quantitative estimate of drug-likeness (QED) is 0.570. The van der Waals surface area contributed by atoms with Gasteiger partial charge in [0, 0.05) is 30.6 Å². The standard InChI is InChI=1S/C28H30N2O6/c1-33-25-8-6-20(16-26(25)34-2)18-30-28(32)22-7-9-24-23(17-22)15-19-4-3-5-21(14-19)27(31)29-10-11-35-12-13-36-24/h3-9,14,16-17H,10-13,15,18H2,1-2H3,(H,29,31)(H,30,32). The number of fused-ring (bicyclic) bond motifs is 3.